The van der Waals surface area contributed by atoms with Gasteiger partial charge in [0.25, 0.3) is 0 Å². The molecule has 2 atom stereocenters. The van der Waals surface area contributed by atoms with Crippen molar-refractivity contribution in [3.63, 3.8) is 0 Å². The van der Waals surface area contributed by atoms with Gasteiger partial charge in [-0.15, -0.1) is 0 Å². The smallest absolute Gasteiger partial charge is 0.151 e. The molecule has 1 spiro atoms. The van der Waals surface area contributed by atoms with E-state index < -0.39 is 0 Å². The average molecular weight is 304 g/mol. The van der Waals surface area contributed by atoms with E-state index in [1.807, 2.05) is 29.3 Å². The summed E-state index contributed by atoms with van der Waals surface area (Å²) in [4.78, 5) is 8.69. The van der Waals surface area contributed by atoms with Crippen LogP contribution in [0.25, 0.3) is 5.52 Å². The Kier molecular flexibility index (Phi) is 2.75. The molecule has 5 rings (SSSR count). The second kappa shape index (κ2) is 4.82. The highest BCUT2D eigenvalue weighted by Gasteiger charge is 2.55. The van der Waals surface area contributed by atoms with Crippen LogP contribution < -0.4 is 5.32 Å². The van der Waals surface area contributed by atoms with Crippen LogP contribution in [0.4, 0.5) is 5.82 Å². The zero-order valence-electron chi connectivity index (χ0n) is 13.1. The number of fused-ring (bicyclic) bond motifs is 3. The van der Waals surface area contributed by atoms with Gasteiger partial charge in [-0.1, -0.05) is 24.3 Å². The molecule has 3 aromatic rings. The summed E-state index contributed by atoms with van der Waals surface area (Å²) in [7, 11) is 0. The molecule has 4 nitrogen and oxygen atoms in total. The number of aryl methyl sites for hydroxylation is 1. The van der Waals surface area contributed by atoms with Gasteiger partial charge in [0.15, 0.2) is 5.82 Å². The number of nitrogens with one attached hydrogen (secondary N) is 1. The highest BCUT2D eigenvalue weighted by Crippen LogP contribution is 2.60. The molecular weight excluding hydrogens is 284 g/mol. The third-order valence-corrected chi connectivity index (χ3v) is 5.71. The fourth-order valence-corrected chi connectivity index (χ4v) is 4.45. The number of nitrogens with zero attached hydrogens (tertiary/aromatic N) is 3. The number of anilines is 1. The van der Waals surface area contributed by atoms with Gasteiger partial charge in [0.05, 0.1) is 12.5 Å². The van der Waals surface area contributed by atoms with E-state index in [0.717, 1.165) is 17.9 Å². The lowest BCUT2D eigenvalue weighted by molar-refractivity contribution is 0.503. The SMILES string of the molecule is c1ccc2c(c1)CCC[C@]21C[C@H]1CNc1nccn2cncc12. The first-order valence-corrected chi connectivity index (χ1v) is 8.46. The molecule has 1 fully saturated rings. The van der Waals surface area contributed by atoms with Gasteiger partial charge < -0.3 is 9.72 Å². The zero-order chi connectivity index (χ0) is 15.3. The molecule has 1 saturated carbocycles. The van der Waals surface area contributed by atoms with Crippen LogP contribution in [-0.4, -0.2) is 20.9 Å². The van der Waals surface area contributed by atoms with Crippen LogP contribution in [0, 0.1) is 5.92 Å². The predicted molar refractivity (Wildman–Crippen MR) is 90.6 cm³/mol. The van der Waals surface area contributed by atoms with Crippen LogP contribution in [0.15, 0.2) is 49.2 Å². The second-order valence-electron chi connectivity index (χ2n) is 6.91. The molecule has 0 saturated heterocycles. The minimum atomic E-state index is 0.424. The number of hydrogen-bond acceptors (Lipinski definition) is 3. The summed E-state index contributed by atoms with van der Waals surface area (Å²) in [5.41, 5.74) is 4.64. The standard InChI is InChI=1S/C19H20N4/c1-2-6-16-14(4-1)5-3-7-19(16)10-15(19)11-22-18-17-12-20-13-23(17)9-8-21-18/h1-2,4,6,8-9,12-13,15H,3,5,7,10-11H2,(H,21,22)/t15-,19+/m0/s1. The van der Waals surface area contributed by atoms with Crippen molar-refractivity contribution < 1.29 is 0 Å². The van der Waals surface area contributed by atoms with Crippen molar-refractivity contribution in [3.05, 3.63) is 60.3 Å². The molecular formula is C19H20N4. The first kappa shape index (κ1) is 13.1. The fraction of sp³-hybridized carbons (Fsp3) is 0.368. The minimum Gasteiger partial charge on any atom is -0.368 e. The van der Waals surface area contributed by atoms with Crippen LogP contribution in [-0.2, 0) is 11.8 Å². The van der Waals surface area contributed by atoms with Crippen molar-refractivity contribution in [2.24, 2.45) is 5.92 Å². The van der Waals surface area contributed by atoms with E-state index >= 15 is 0 Å². The predicted octanol–water partition coefficient (Wildman–Crippen LogP) is 3.44. The van der Waals surface area contributed by atoms with Gasteiger partial charge in [-0.3, -0.25) is 0 Å². The highest BCUT2D eigenvalue weighted by molar-refractivity contribution is 5.66. The molecule has 2 aromatic heterocycles. The molecule has 0 aliphatic heterocycles. The van der Waals surface area contributed by atoms with Gasteiger partial charge in [-0.2, -0.15) is 0 Å². The first-order chi connectivity index (χ1) is 11.4. The Balaban J connectivity index is 1.37. The van der Waals surface area contributed by atoms with Crippen molar-refractivity contribution >= 4 is 11.3 Å². The van der Waals surface area contributed by atoms with Crippen molar-refractivity contribution in [3.8, 4) is 0 Å². The van der Waals surface area contributed by atoms with E-state index in [1.54, 1.807) is 11.1 Å². The van der Waals surface area contributed by atoms with Gasteiger partial charge in [0, 0.05) is 24.4 Å². The van der Waals surface area contributed by atoms with Crippen molar-refractivity contribution in [2.75, 3.05) is 11.9 Å². The van der Waals surface area contributed by atoms with Crippen LogP contribution in [0.5, 0.6) is 0 Å². The molecule has 23 heavy (non-hydrogen) atoms. The van der Waals surface area contributed by atoms with E-state index in [0.29, 0.717) is 11.3 Å². The lowest BCUT2D eigenvalue weighted by Crippen LogP contribution is -2.21. The molecule has 116 valence electrons. The van der Waals surface area contributed by atoms with Crippen molar-refractivity contribution in [2.45, 2.75) is 31.1 Å². The van der Waals surface area contributed by atoms with Gasteiger partial charge in [0.2, 0.25) is 0 Å². The number of hydrogen-bond donors (Lipinski definition) is 1. The fourth-order valence-electron chi connectivity index (χ4n) is 4.45. The number of rotatable bonds is 3. The van der Waals surface area contributed by atoms with Gasteiger partial charge >= 0.3 is 0 Å². The molecule has 2 heterocycles. The maximum absolute atomic E-state index is 4.48. The van der Waals surface area contributed by atoms with Crippen LogP contribution in [0.3, 0.4) is 0 Å². The molecule has 0 radical (unpaired) electrons. The normalized spacial score (nSPS) is 25.5. The Morgan fingerprint density at radius 3 is 3.26 bits per heavy atom. The van der Waals surface area contributed by atoms with Gasteiger partial charge in [-0.05, 0) is 42.7 Å². The molecule has 0 unspecified atom stereocenters. The summed E-state index contributed by atoms with van der Waals surface area (Å²) >= 11 is 0. The van der Waals surface area contributed by atoms with E-state index in [1.165, 1.54) is 25.7 Å². The minimum absolute atomic E-state index is 0.424. The van der Waals surface area contributed by atoms with Crippen LogP contribution in [0.1, 0.15) is 30.4 Å². The van der Waals surface area contributed by atoms with Gasteiger partial charge in [-0.25, -0.2) is 9.97 Å². The number of imidazole rings is 1. The number of benzene rings is 1. The lowest BCUT2D eigenvalue weighted by Gasteiger charge is -2.26. The number of aromatic nitrogens is 3. The zero-order valence-corrected chi connectivity index (χ0v) is 13.1. The topological polar surface area (TPSA) is 42.2 Å². The summed E-state index contributed by atoms with van der Waals surface area (Å²) in [6.07, 6.45) is 12.7. The van der Waals surface area contributed by atoms with E-state index in [2.05, 4.69) is 39.6 Å². The quantitative estimate of drug-likeness (QED) is 0.806. The Morgan fingerprint density at radius 1 is 1.30 bits per heavy atom. The first-order valence-electron chi connectivity index (χ1n) is 8.46. The second-order valence-corrected chi connectivity index (χ2v) is 6.91. The third kappa shape index (κ3) is 1.97. The van der Waals surface area contributed by atoms with Gasteiger partial charge in [0.1, 0.15) is 5.52 Å². The van der Waals surface area contributed by atoms with E-state index in [-0.39, 0.29) is 0 Å². The maximum atomic E-state index is 4.48. The monoisotopic (exact) mass is 304 g/mol. The molecule has 0 amide bonds. The van der Waals surface area contributed by atoms with Crippen molar-refractivity contribution in [1.82, 2.24) is 14.4 Å². The summed E-state index contributed by atoms with van der Waals surface area (Å²) < 4.78 is 2.01. The maximum Gasteiger partial charge on any atom is 0.151 e. The van der Waals surface area contributed by atoms with Crippen molar-refractivity contribution in [1.29, 1.82) is 0 Å². The molecule has 4 heteroatoms. The van der Waals surface area contributed by atoms with E-state index in [9.17, 15) is 0 Å². The summed E-state index contributed by atoms with van der Waals surface area (Å²) in [5.74, 6) is 1.66. The Hall–Kier alpha value is -2.36. The largest absolute Gasteiger partial charge is 0.368 e. The summed E-state index contributed by atoms with van der Waals surface area (Å²) in [5, 5.41) is 3.57. The average Bonchev–Trinajstić information content (AvgIpc) is 3.05. The molecule has 2 aliphatic carbocycles. The van der Waals surface area contributed by atoms with Crippen LogP contribution in [0.2, 0.25) is 0 Å². The molecule has 1 N–H and O–H groups in total. The summed E-state index contributed by atoms with van der Waals surface area (Å²) in [6.45, 7) is 0.992. The third-order valence-electron chi connectivity index (χ3n) is 5.71. The lowest BCUT2D eigenvalue weighted by atomic mass is 9.78. The summed E-state index contributed by atoms with van der Waals surface area (Å²) in [6, 6.07) is 9.04. The Morgan fingerprint density at radius 2 is 2.26 bits per heavy atom. The Bertz CT molecular complexity index is 868. The molecule has 0 bridgehead atoms. The van der Waals surface area contributed by atoms with Crippen LogP contribution >= 0.6 is 0 Å². The Labute approximate surface area is 135 Å². The molecule has 1 aromatic carbocycles. The van der Waals surface area contributed by atoms with E-state index in [4.69, 9.17) is 0 Å². The molecule has 2 aliphatic rings. The highest BCUT2D eigenvalue weighted by atomic mass is 15.1.